The third kappa shape index (κ3) is 2.89. The van der Waals surface area contributed by atoms with Gasteiger partial charge in [-0.3, -0.25) is 9.59 Å². The topological polar surface area (TPSA) is 40.6 Å². The van der Waals surface area contributed by atoms with Gasteiger partial charge in [-0.1, -0.05) is 62.4 Å². The van der Waals surface area contributed by atoms with Crippen molar-refractivity contribution in [2.45, 2.75) is 38.1 Å². The van der Waals surface area contributed by atoms with E-state index >= 15 is 0 Å². The molecule has 2 aliphatic rings. The van der Waals surface area contributed by atoms with Gasteiger partial charge in [0.05, 0.1) is 16.5 Å². The number of allylic oxidation sites excluding steroid dienone is 1. The molecule has 0 radical (unpaired) electrons. The highest BCUT2D eigenvalue weighted by Gasteiger charge is 2.41. The van der Waals surface area contributed by atoms with Gasteiger partial charge in [0.2, 0.25) is 0 Å². The van der Waals surface area contributed by atoms with Crippen molar-refractivity contribution in [2.75, 3.05) is 23.4 Å². The Hall–Kier alpha value is -3.40. The average molecular weight is 425 g/mol. The Morgan fingerprint density at radius 3 is 2.22 bits per heavy atom. The van der Waals surface area contributed by atoms with Crippen LogP contribution >= 0.6 is 0 Å². The van der Waals surface area contributed by atoms with Gasteiger partial charge >= 0.3 is 0 Å². The molecule has 4 nitrogen and oxygen atoms in total. The van der Waals surface area contributed by atoms with Crippen molar-refractivity contribution in [3.05, 3.63) is 103 Å². The lowest BCUT2D eigenvalue weighted by molar-refractivity contribution is 0.504. The monoisotopic (exact) mass is 424 g/mol. The Morgan fingerprint density at radius 1 is 0.906 bits per heavy atom. The lowest BCUT2D eigenvalue weighted by Crippen LogP contribution is -2.65. The van der Waals surface area contributed by atoms with E-state index in [2.05, 4.69) is 60.9 Å². The number of hydrogen-bond donors (Lipinski definition) is 0. The molecular formula is C28H28N2O2. The average Bonchev–Trinajstić information content (AvgIpc) is 3.00. The van der Waals surface area contributed by atoms with Gasteiger partial charge in [0.25, 0.3) is 0 Å². The highest BCUT2D eigenvalue weighted by Crippen LogP contribution is 2.44. The molecule has 3 aromatic rings. The molecule has 2 unspecified atom stereocenters. The smallest absolute Gasteiger partial charge is 0.200 e. The molecule has 0 spiro atoms. The van der Waals surface area contributed by atoms with Gasteiger partial charge in [-0.25, -0.2) is 0 Å². The number of likely N-dealkylation sites (N-methyl/N-ethyl adjacent to an activating group) is 1. The molecule has 2 atom stereocenters. The van der Waals surface area contributed by atoms with E-state index in [9.17, 15) is 9.59 Å². The van der Waals surface area contributed by atoms with Crippen LogP contribution in [0.1, 0.15) is 37.8 Å². The molecular weight excluding hydrogens is 396 g/mol. The Balaban J connectivity index is 1.55. The van der Waals surface area contributed by atoms with Crippen LogP contribution in [0.4, 0.5) is 11.4 Å². The predicted molar refractivity (Wildman–Crippen MR) is 133 cm³/mol. The van der Waals surface area contributed by atoms with E-state index in [1.807, 2.05) is 49.7 Å². The molecule has 0 bridgehead atoms. The van der Waals surface area contributed by atoms with E-state index in [1.54, 1.807) is 0 Å². The number of anilines is 2. The van der Waals surface area contributed by atoms with Crippen LogP contribution in [-0.2, 0) is 5.41 Å². The first-order valence-electron chi connectivity index (χ1n) is 11.2. The second kappa shape index (κ2) is 7.33. The fourth-order valence-electron chi connectivity index (χ4n) is 5.35. The minimum absolute atomic E-state index is 0.0437. The van der Waals surface area contributed by atoms with Crippen molar-refractivity contribution in [3.63, 3.8) is 0 Å². The summed E-state index contributed by atoms with van der Waals surface area (Å²) in [4.78, 5) is 30.4. The summed E-state index contributed by atoms with van der Waals surface area (Å²) in [5.41, 5.74) is 4.17. The van der Waals surface area contributed by atoms with Crippen LogP contribution in [0.15, 0.2) is 70.4 Å². The van der Waals surface area contributed by atoms with Gasteiger partial charge in [0.1, 0.15) is 0 Å². The fraction of sp³-hybridized carbons (Fsp3) is 0.286. The van der Waals surface area contributed by atoms with Crippen LogP contribution in [0.5, 0.6) is 0 Å². The van der Waals surface area contributed by atoms with Gasteiger partial charge in [-0.05, 0) is 36.3 Å². The fourth-order valence-corrected chi connectivity index (χ4v) is 5.35. The molecule has 4 heteroatoms. The second-order valence-electron chi connectivity index (χ2n) is 9.33. The first kappa shape index (κ1) is 20.5. The van der Waals surface area contributed by atoms with Gasteiger partial charge in [-0.15, -0.1) is 0 Å². The van der Waals surface area contributed by atoms with Crippen LogP contribution < -0.4 is 31.1 Å². The number of para-hydroxylation sites is 2. The van der Waals surface area contributed by atoms with E-state index in [0.717, 1.165) is 23.5 Å². The van der Waals surface area contributed by atoms with E-state index < -0.39 is 0 Å². The maximum Gasteiger partial charge on any atom is 0.200 e. The van der Waals surface area contributed by atoms with Crippen LogP contribution in [0, 0.1) is 0 Å². The minimum Gasteiger partial charge on any atom is -0.367 e. The van der Waals surface area contributed by atoms with Crippen LogP contribution in [0.25, 0.3) is 12.2 Å². The van der Waals surface area contributed by atoms with Crippen molar-refractivity contribution < 1.29 is 0 Å². The Bertz CT molecular complexity index is 1390. The normalized spacial score (nSPS) is 20.9. The van der Waals surface area contributed by atoms with Crippen LogP contribution in [-0.4, -0.2) is 19.6 Å². The molecule has 0 saturated carbocycles. The Labute approximate surface area is 188 Å². The van der Waals surface area contributed by atoms with Gasteiger partial charge in [0, 0.05) is 42.5 Å². The summed E-state index contributed by atoms with van der Waals surface area (Å²) in [5.74, 6) is -0.0756. The van der Waals surface area contributed by atoms with Crippen molar-refractivity contribution >= 4 is 23.5 Å². The summed E-state index contributed by atoms with van der Waals surface area (Å²) < 4.78 is 0. The molecule has 0 aliphatic carbocycles. The van der Waals surface area contributed by atoms with Gasteiger partial charge in [0.15, 0.2) is 10.9 Å². The van der Waals surface area contributed by atoms with Crippen molar-refractivity contribution in [1.29, 1.82) is 0 Å². The maximum atomic E-state index is 13.0. The van der Waals surface area contributed by atoms with E-state index in [1.165, 1.54) is 5.56 Å². The summed E-state index contributed by atoms with van der Waals surface area (Å²) in [5, 5.41) is 0.624. The quantitative estimate of drug-likeness (QED) is 0.648. The third-order valence-electron chi connectivity index (χ3n) is 7.20. The zero-order valence-electron chi connectivity index (χ0n) is 19.0. The van der Waals surface area contributed by atoms with Crippen molar-refractivity contribution in [3.8, 4) is 0 Å². The molecule has 0 fully saturated rings. The zero-order chi connectivity index (χ0) is 22.6. The molecule has 32 heavy (non-hydrogen) atoms. The Kier molecular flexibility index (Phi) is 4.70. The SMILES string of the molecule is CCN1C=CC(C=c2c(=O)c(=CC3N(C)c4ccccc4C3(C)C)c2=O)c2ccccc21. The van der Waals surface area contributed by atoms with E-state index in [4.69, 9.17) is 0 Å². The van der Waals surface area contributed by atoms with Crippen molar-refractivity contribution in [1.82, 2.24) is 0 Å². The summed E-state index contributed by atoms with van der Waals surface area (Å²) in [6, 6.07) is 16.4. The minimum atomic E-state index is -0.187. The highest BCUT2D eigenvalue weighted by atomic mass is 16.1. The number of benzene rings is 2. The number of fused-ring (bicyclic) bond motifs is 2. The van der Waals surface area contributed by atoms with Crippen molar-refractivity contribution in [2.24, 2.45) is 0 Å². The molecule has 0 amide bonds. The summed E-state index contributed by atoms with van der Waals surface area (Å²) in [7, 11) is 2.03. The third-order valence-corrected chi connectivity index (χ3v) is 7.20. The standard InChI is InChI=1S/C28H28N2O2/c1-5-30-15-14-18(19-10-6-8-12-23(19)30)16-20-26(31)21(27(20)32)17-25-28(2,3)22-11-7-9-13-24(22)29(25)4/h6-18,25H,5H2,1-4H3. The second-order valence-corrected chi connectivity index (χ2v) is 9.33. The molecule has 0 aromatic heterocycles. The van der Waals surface area contributed by atoms with Gasteiger partial charge < -0.3 is 9.80 Å². The molecule has 5 rings (SSSR count). The Morgan fingerprint density at radius 2 is 1.53 bits per heavy atom. The molecule has 2 aliphatic heterocycles. The zero-order valence-corrected chi connectivity index (χ0v) is 19.0. The van der Waals surface area contributed by atoms with Crippen LogP contribution in [0.3, 0.4) is 0 Å². The maximum absolute atomic E-state index is 13.0. The summed E-state index contributed by atoms with van der Waals surface area (Å²) in [6.45, 7) is 7.32. The number of nitrogens with zero attached hydrogens (tertiary/aromatic N) is 2. The summed E-state index contributed by atoms with van der Waals surface area (Å²) >= 11 is 0. The van der Waals surface area contributed by atoms with Gasteiger partial charge in [-0.2, -0.15) is 0 Å². The lowest BCUT2D eigenvalue weighted by Gasteiger charge is -2.29. The molecule has 3 aromatic carbocycles. The summed E-state index contributed by atoms with van der Waals surface area (Å²) in [6.07, 6.45) is 7.82. The molecule has 0 N–H and O–H groups in total. The number of rotatable bonds is 3. The first-order chi connectivity index (χ1) is 15.3. The van der Waals surface area contributed by atoms with E-state index in [0.29, 0.717) is 10.4 Å². The lowest BCUT2D eigenvalue weighted by atomic mass is 9.80. The van der Waals surface area contributed by atoms with E-state index in [-0.39, 0.29) is 28.2 Å². The number of hydrogen-bond acceptors (Lipinski definition) is 4. The van der Waals surface area contributed by atoms with Crippen LogP contribution in [0.2, 0.25) is 0 Å². The molecule has 2 heterocycles. The first-order valence-corrected chi connectivity index (χ1v) is 11.2. The predicted octanol–water partition coefficient (Wildman–Crippen LogP) is 2.78. The largest absolute Gasteiger partial charge is 0.367 e. The molecule has 162 valence electrons. The molecule has 0 saturated heterocycles. The highest BCUT2D eigenvalue weighted by molar-refractivity contribution is 5.69.